The van der Waals surface area contributed by atoms with Gasteiger partial charge in [-0.15, -0.1) is 0 Å². The van der Waals surface area contributed by atoms with Crippen molar-refractivity contribution in [3.63, 3.8) is 0 Å². The van der Waals surface area contributed by atoms with E-state index in [4.69, 9.17) is 17.3 Å². The van der Waals surface area contributed by atoms with Gasteiger partial charge in [-0.3, -0.25) is 0 Å². The van der Waals surface area contributed by atoms with Crippen LogP contribution in [0.5, 0.6) is 0 Å². The highest BCUT2D eigenvalue weighted by atomic mass is 35.5. The van der Waals surface area contributed by atoms with E-state index >= 15 is 0 Å². The number of nitrogens with two attached hydrogens (primary N) is 1. The highest BCUT2D eigenvalue weighted by Gasteiger charge is 2.10. The molecule has 0 unspecified atom stereocenters. The zero-order valence-corrected chi connectivity index (χ0v) is 11.5. The minimum absolute atomic E-state index is 0.267. The van der Waals surface area contributed by atoms with E-state index in [-0.39, 0.29) is 5.82 Å². The zero-order valence-electron chi connectivity index (χ0n) is 10.7. The zero-order chi connectivity index (χ0) is 14.1. The monoisotopic (exact) mass is 285 g/mol. The summed E-state index contributed by atoms with van der Waals surface area (Å²) in [5.41, 5.74) is 8.45. The third-order valence-corrected chi connectivity index (χ3v) is 3.78. The summed E-state index contributed by atoms with van der Waals surface area (Å²) in [6.45, 7) is 0.368. The molecule has 0 radical (unpaired) electrons. The van der Waals surface area contributed by atoms with Gasteiger partial charge < -0.3 is 5.73 Å². The van der Waals surface area contributed by atoms with Crippen molar-refractivity contribution >= 4 is 22.4 Å². The maximum atomic E-state index is 13.6. The molecular weight excluding hydrogens is 273 g/mol. The second-order valence-electron chi connectivity index (χ2n) is 4.65. The van der Waals surface area contributed by atoms with Gasteiger partial charge in [-0.05, 0) is 40.3 Å². The van der Waals surface area contributed by atoms with Crippen LogP contribution in [0, 0.1) is 5.82 Å². The van der Waals surface area contributed by atoms with Gasteiger partial charge in [0.2, 0.25) is 0 Å². The van der Waals surface area contributed by atoms with E-state index in [0.29, 0.717) is 11.6 Å². The molecule has 0 fully saturated rings. The van der Waals surface area contributed by atoms with E-state index in [0.717, 1.165) is 27.5 Å². The topological polar surface area (TPSA) is 26.0 Å². The van der Waals surface area contributed by atoms with E-state index in [2.05, 4.69) is 0 Å². The maximum Gasteiger partial charge on any atom is 0.123 e. The predicted octanol–water partition coefficient (Wildman–Crippen LogP) is 4.76. The Morgan fingerprint density at radius 2 is 1.65 bits per heavy atom. The number of rotatable bonds is 2. The van der Waals surface area contributed by atoms with E-state index < -0.39 is 0 Å². The molecule has 1 nitrogen and oxygen atoms in total. The number of hydrogen-bond donors (Lipinski definition) is 1. The van der Waals surface area contributed by atoms with Gasteiger partial charge in [-0.25, -0.2) is 4.39 Å². The summed E-state index contributed by atoms with van der Waals surface area (Å²) in [7, 11) is 0. The van der Waals surface area contributed by atoms with Crippen molar-refractivity contribution in [2.45, 2.75) is 6.54 Å². The molecule has 3 aromatic rings. The van der Waals surface area contributed by atoms with E-state index in [1.165, 1.54) is 12.1 Å². The fourth-order valence-electron chi connectivity index (χ4n) is 2.47. The van der Waals surface area contributed by atoms with Crippen molar-refractivity contribution < 1.29 is 4.39 Å². The molecule has 0 spiro atoms. The summed E-state index contributed by atoms with van der Waals surface area (Å²) in [4.78, 5) is 0. The summed E-state index contributed by atoms with van der Waals surface area (Å²) in [5, 5.41) is 2.65. The smallest absolute Gasteiger partial charge is 0.123 e. The molecule has 0 saturated heterocycles. The van der Waals surface area contributed by atoms with Crippen LogP contribution in [0.25, 0.3) is 21.9 Å². The number of halogens is 2. The molecule has 2 N–H and O–H groups in total. The highest BCUT2D eigenvalue weighted by Crippen LogP contribution is 2.34. The molecule has 0 aliphatic carbocycles. The highest BCUT2D eigenvalue weighted by molar-refractivity contribution is 6.36. The average Bonchev–Trinajstić information content (AvgIpc) is 2.48. The predicted molar refractivity (Wildman–Crippen MR) is 82.2 cm³/mol. The van der Waals surface area contributed by atoms with Crippen LogP contribution >= 0.6 is 11.6 Å². The fraction of sp³-hybridized carbons (Fsp3) is 0.0588. The molecule has 100 valence electrons. The van der Waals surface area contributed by atoms with Gasteiger partial charge in [0.25, 0.3) is 0 Å². The van der Waals surface area contributed by atoms with Gasteiger partial charge in [0, 0.05) is 17.0 Å². The third kappa shape index (κ3) is 2.17. The average molecular weight is 286 g/mol. The van der Waals surface area contributed by atoms with Crippen LogP contribution < -0.4 is 5.73 Å². The second kappa shape index (κ2) is 5.23. The van der Waals surface area contributed by atoms with E-state index in [1.54, 1.807) is 6.07 Å². The Bertz CT molecular complexity index is 783. The molecule has 0 heterocycles. The summed E-state index contributed by atoms with van der Waals surface area (Å²) < 4.78 is 13.6. The molecule has 3 heteroatoms. The first-order valence-electron chi connectivity index (χ1n) is 6.37. The van der Waals surface area contributed by atoms with Crippen LogP contribution in [0.15, 0.2) is 54.6 Å². The fourth-order valence-corrected chi connectivity index (χ4v) is 2.70. The summed E-state index contributed by atoms with van der Waals surface area (Å²) in [6.07, 6.45) is 0. The van der Waals surface area contributed by atoms with Crippen LogP contribution in [0.2, 0.25) is 5.02 Å². The van der Waals surface area contributed by atoms with Crippen LogP contribution in [0.3, 0.4) is 0 Å². The first-order chi connectivity index (χ1) is 9.70. The normalized spacial score (nSPS) is 10.9. The van der Waals surface area contributed by atoms with Gasteiger partial charge >= 0.3 is 0 Å². The number of hydrogen-bond acceptors (Lipinski definition) is 1. The summed E-state index contributed by atoms with van der Waals surface area (Å²) in [5.74, 6) is -0.267. The Balaban J connectivity index is 2.36. The number of fused-ring (bicyclic) bond motifs is 1. The van der Waals surface area contributed by atoms with Crippen LogP contribution in [-0.2, 0) is 6.54 Å². The Labute approximate surface area is 121 Å². The van der Waals surface area contributed by atoms with Gasteiger partial charge in [-0.1, -0.05) is 48.0 Å². The van der Waals surface area contributed by atoms with Crippen molar-refractivity contribution in [3.8, 4) is 11.1 Å². The van der Waals surface area contributed by atoms with Crippen LogP contribution in [-0.4, -0.2) is 0 Å². The van der Waals surface area contributed by atoms with Crippen molar-refractivity contribution in [2.75, 3.05) is 0 Å². The molecule has 0 amide bonds. The molecule has 0 bridgehead atoms. The first-order valence-corrected chi connectivity index (χ1v) is 6.74. The van der Waals surface area contributed by atoms with Gasteiger partial charge in [0.1, 0.15) is 5.82 Å². The van der Waals surface area contributed by atoms with E-state index in [1.807, 2.05) is 36.4 Å². The molecule has 20 heavy (non-hydrogen) atoms. The lowest BCUT2D eigenvalue weighted by molar-refractivity contribution is 0.627. The Hall–Kier alpha value is -1.90. The molecule has 0 atom stereocenters. The summed E-state index contributed by atoms with van der Waals surface area (Å²) in [6, 6.07) is 16.3. The molecule has 0 aliphatic heterocycles. The van der Waals surface area contributed by atoms with Crippen molar-refractivity contribution in [1.29, 1.82) is 0 Å². The third-order valence-electron chi connectivity index (χ3n) is 3.45. The maximum absolute atomic E-state index is 13.6. The second-order valence-corrected chi connectivity index (χ2v) is 5.05. The Morgan fingerprint density at radius 1 is 0.900 bits per heavy atom. The molecule has 3 aromatic carbocycles. The quantitative estimate of drug-likeness (QED) is 0.722. The van der Waals surface area contributed by atoms with Crippen LogP contribution in [0.1, 0.15) is 5.56 Å². The Morgan fingerprint density at radius 3 is 2.40 bits per heavy atom. The van der Waals surface area contributed by atoms with Gasteiger partial charge in [0.15, 0.2) is 0 Å². The van der Waals surface area contributed by atoms with Crippen molar-refractivity contribution in [2.24, 2.45) is 5.73 Å². The largest absolute Gasteiger partial charge is 0.326 e. The minimum Gasteiger partial charge on any atom is -0.326 e. The lowest BCUT2D eigenvalue weighted by Crippen LogP contribution is -1.99. The molecule has 0 aliphatic rings. The SMILES string of the molecule is NCc1ccc(F)cc1-c1ccc(Cl)c2ccccc12. The molecular formula is C17H13ClFN. The van der Waals surface area contributed by atoms with Crippen molar-refractivity contribution in [1.82, 2.24) is 0 Å². The van der Waals surface area contributed by atoms with E-state index in [9.17, 15) is 4.39 Å². The minimum atomic E-state index is -0.267. The van der Waals surface area contributed by atoms with Gasteiger partial charge in [0.05, 0.1) is 0 Å². The first kappa shape index (κ1) is 13.1. The lowest BCUT2D eigenvalue weighted by atomic mass is 9.94. The standard InChI is InChI=1S/C17H13ClFN/c18-17-8-7-14(13-3-1-2-4-15(13)17)16-9-12(19)6-5-11(16)10-20/h1-9H,10,20H2. The summed E-state index contributed by atoms with van der Waals surface area (Å²) >= 11 is 6.22. The van der Waals surface area contributed by atoms with Gasteiger partial charge in [-0.2, -0.15) is 0 Å². The Kier molecular flexibility index (Phi) is 3.43. The number of benzene rings is 3. The lowest BCUT2D eigenvalue weighted by Gasteiger charge is -2.12. The van der Waals surface area contributed by atoms with Crippen LogP contribution in [0.4, 0.5) is 4.39 Å². The molecule has 0 saturated carbocycles. The molecule has 0 aromatic heterocycles. The van der Waals surface area contributed by atoms with Crippen molar-refractivity contribution in [3.05, 3.63) is 71.0 Å². The molecule has 3 rings (SSSR count).